The Balaban J connectivity index is 0.000001000. The smallest absolute Gasteiger partial charge is 0.0551 e. The van der Waals surface area contributed by atoms with Gasteiger partial charge in [0.15, 0.2) is 0 Å². The zero-order valence-corrected chi connectivity index (χ0v) is 13.0. The topological polar surface area (TPSA) is 31.1 Å². The molecule has 1 fully saturated rings. The van der Waals surface area contributed by atoms with Gasteiger partial charge in [0.05, 0.1) is 6.04 Å². The number of H-pyrrole nitrogens is 1. The maximum Gasteiger partial charge on any atom is 0.0551 e. The molecule has 0 saturated carbocycles. The number of fused-ring (bicyclic) bond motifs is 1. The molecule has 1 aliphatic heterocycles. The summed E-state index contributed by atoms with van der Waals surface area (Å²) in [5.41, 5.74) is 2.54. The molecule has 1 saturated heterocycles. The van der Waals surface area contributed by atoms with Crippen molar-refractivity contribution in [3.8, 4) is 0 Å². The molecule has 1 aromatic carbocycles. The summed E-state index contributed by atoms with van der Waals surface area (Å²) >= 11 is 0. The van der Waals surface area contributed by atoms with Gasteiger partial charge in [0, 0.05) is 43.3 Å². The second-order valence-electron chi connectivity index (χ2n) is 4.76. The van der Waals surface area contributed by atoms with E-state index in [1.807, 2.05) is 0 Å². The van der Waals surface area contributed by atoms with Gasteiger partial charge in [-0.1, -0.05) is 24.3 Å². The molecule has 1 aliphatic rings. The maximum atomic E-state index is 4.02. The number of nitrogens with one attached hydrogen (secondary N) is 2. The molecule has 5 heteroatoms. The van der Waals surface area contributed by atoms with Crippen LogP contribution in [0.15, 0.2) is 43.1 Å². The van der Waals surface area contributed by atoms with Gasteiger partial charge in [0.25, 0.3) is 0 Å². The highest BCUT2D eigenvalue weighted by atomic mass is 35.5. The molecule has 3 rings (SSSR count). The molecule has 110 valence electrons. The molecule has 2 heterocycles. The highest BCUT2D eigenvalue weighted by Gasteiger charge is 2.21. The van der Waals surface area contributed by atoms with Crippen molar-refractivity contribution in [3.63, 3.8) is 0 Å². The number of rotatable bonds is 3. The quantitative estimate of drug-likeness (QED) is 0.853. The van der Waals surface area contributed by atoms with Crippen LogP contribution in [-0.2, 0) is 0 Å². The van der Waals surface area contributed by atoms with E-state index < -0.39 is 0 Å². The molecule has 0 radical (unpaired) electrons. The summed E-state index contributed by atoms with van der Waals surface area (Å²) in [5.74, 6) is 0. The van der Waals surface area contributed by atoms with Gasteiger partial charge < -0.3 is 10.3 Å². The molecule has 0 unspecified atom stereocenters. The van der Waals surface area contributed by atoms with Crippen molar-refractivity contribution >= 4 is 35.7 Å². The number of aromatic nitrogens is 1. The van der Waals surface area contributed by atoms with E-state index in [2.05, 4.69) is 58.3 Å². The van der Waals surface area contributed by atoms with Crippen molar-refractivity contribution in [3.05, 3.63) is 48.7 Å². The first-order chi connectivity index (χ1) is 8.90. The van der Waals surface area contributed by atoms with Crippen molar-refractivity contribution in [2.45, 2.75) is 6.04 Å². The summed E-state index contributed by atoms with van der Waals surface area (Å²) in [4.78, 5) is 5.84. The van der Waals surface area contributed by atoms with Gasteiger partial charge in [0.1, 0.15) is 0 Å². The SMILES string of the molecule is C=C[C@H](c1c[nH]c2ccccc12)N1CCNCC1.Cl.Cl. The zero-order chi connectivity index (χ0) is 12.4. The maximum absolute atomic E-state index is 4.02. The lowest BCUT2D eigenvalue weighted by molar-refractivity contribution is 0.204. The molecular formula is C15H21Cl2N3. The van der Waals surface area contributed by atoms with Crippen molar-refractivity contribution in [1.82, 2.24) is 15.2 Å². The van der Waals surface area contributed by atoms with Gasteiger partial charge in [-0.2, -0.15) is 0 Å². The van der Waals surface area contributed by atoms with Gasteiger partial charge in [-0.15, -0.1) is 31.4 Å². The van der Waals surface area contributed by atoms with E-state index in [4.69, 9.17) is 0 Å². The summed E-state index contributed by atoms with van der Waals surface area (Å²) in [6, 6.07) is 8.77. The van der Waals surface area contributed by atoms with Gasteiger partial charge in [-0.05, 0) is 11.6 Å². The average Bonchev–Trinajstić information content (AvgIpc) is 2.85. The van der Waals surface area contributed by atoms with E-state index in [1.54, 1.807) is 0 Å². The average molecular weight is 314 g/mol. The Bertz CT molecular complexity index is 547. The van der Waals surface area contributed by atoms with Crippen LogP contribution in [0.4, 0.5) is 0 Å². The number of hydrogen-bond donors (Lipinski definition) is 2. The molecule has 20 heavy (non-hydrogen) atoms. The van der Waals surface area contributed by atoms with E-state index in [-0.39, 0.29) is 24.8 Å². The number of aromatic amines is 1. The second-order valence-corrected chi connectivity index (χ2v) is 4.76. The highest BCUT2D eigenvalue weighted by molar-refractivity contribution is 5.85. The van der Waals surface area contributed by atoms with Gasteiger partial charge in [0.2, 0.25) is 0 Å². The predicted octanol–water partition coefficient (Wildman–Crippen LogP) is 3.14. The summed E-state index contributed by atoms with van der Waals surface area (Å²) in [7, 11) is 0. The molecule has 0 amide bonds. The molecule has 2 aromatic rings. The van der Waals surface area contributed by atoms with Crippen LogP contribution in [0.5, 0.6) is 0 Å². The van der Waals surface area contributed by atoms with Crippen LogP contribution < -0.4 is 5.32 Å². The first-order valence-electron chi connectivity index (χ1n) is 6.53. The lowest BCUT2D eigenvalue weighted by atomic mass is 10.0. The Hall–Kier alpha value is -1.000. The van der Waals surface area contributed by atoms with Crippen molar-refractivity contribution in [2.24, 2.45) is 0 Å². The van der Waals surface area contributed by atoms with E-state index in [0.29, 0.717) is 6.04 Å². The molecule has 0 bridgehead atoms. The fourth-order valence-corrected chi connectivity index (χ4v) is 2.77. The van der Waals surface area contributed by atoms with Crippen molar-refractivity contribution in [1.29, 1.82) is 0 Å². The van der Waals surface area contributed by atoms with Crippen LogP contribution in [0.2, 0.25) is 0 Å². The minimum atomic E-state index is 0. The van der Waals surface area contributed by atoms with Crippen LogP contribution in [-0.4, -0.2) is 36.1 Å². The predicted molar refractivity (Wildman–Crippen MR) is 90.2 cm³/mol. The van der Waals surface area contributed by atoms with E-state index in [1.165, 1.54) is 16.5 Å². The Labute approximate surface area is 132 Å². The van der Waals surface area contributed by atoms with Gasteiger partial charge >= 0.3 is 0 Å². The largest absolute Gasteiger partial charge is 0.361 e. The molecule has 1 aromatic heterocycles. The fraction of sp³-hybridized carbons (Fsp3) is 0.333. The van der Waals surface area contributed by atoms with Crippen LogP contribution in [0.25, 0.3) is 10.9 Å². The lowest BCUT2D eigenvalue weighted by Crippen LogP contribution is -2.44. The van der Waals surface area contributed by atoms with Gasteiger partial charge in [-0.25, -0.2) is 0 Å². The zero-order valence-electron chi connectivity index (χ0n) is 11.3. The van der Waals surface area contributed by atoms with Crippen molar-refractivity contribution in [2.75, 3.05) is 26.2 Å². The van der Waals surface area contributed by atoms with E-state index >= 15 is 0 Å². The molecule has 0 aliphatic carbocycles. The third-order valence-corrected chi connectivity index (χ3v) is 3.71. The van der Waals surface area contributed by atoms with E-state index in [0.717, 1.165) is 26.2 Å². The van der Waals surface area contributed by atoms with Crippen LogP contribution >= 0.6 is 24.8 Å². The number of benzene rings is 1. The fourth-order valence-electron chi connectivity index (χ4n) is 2.77. The molecule has 3 nitrogen and oxygen atoms in total. The number of nitrogens with zero attached hydrogens (tertiary/aromatic N) is 1. The summed E-state index contributed by atoms with van der Waals surface area (Å²) in [5, 5.41) is 4.70. The Kier molecular flexibility index (Phi) is 6.56. The number of para-hydroxylation sites is 1. The van der Waals surface area contributed by atoms with Crippen LogP contribution in [0.3, 0.4) is 0 Å². The second kappa shape index (κ2) is 7.70. The Morgan fingerprint density at radius 2 is 1.85 bits per heavy atom. The number of hydrogen-bond acceptors (Lipinski definition) is 2. The third kappa shape index (κ3) is 3.18. The molecule has 2 N–H and O–H groups in total. The first kappa shape index (κ1) is 17.1. The van der Waals surface area contributed by atoms with Crippen LogP contribution in [0.1, 0.15) is 11.6 Å². The summed E-state index contributed by atoms with van der Waals surface area (Å²) < 4.78 is 0. The molecule has 0 spiro atoms. The minimum Gasteiger partial charge on any atom is -0.361 e. The first-order valence-corrected chi connectivity index (χ1v) is 6.53. The summed E-state index contributed by atoms with van der Waals surface area (Å²) in [6.07, 6.45) is 4.18. The third-order valence-electron chi connectivity index (χ3n) is 3.71. The number of piperazine rings is 1. The summed E-state index contributed by atoms with van der Waals surface area (Å²) in [6.45, 7) is 8.31. The van der Waals surface area contributed by atoms with Crippen molar-refractivity contribution < 1.29 is 0 Å². The number of halogens is 2. The molecular weight excluding hydrogens is 293 g/mol. The monoisotopic (exact) mass is 313 g/mol. The Morgan fingerprint density at radius 1 is 1.15 bits per heavy atom. The van der Waals surface area contributed by atoms with Gasteiger partial charge in [-0.3, -0.25) is 4.90 Å². The van der Waals surface area contributed by atoms with E-state index in [9.17, 15) is 0 Å². The lowest BCUT2D eigenvalue weighted by Gasteiger charge is -2.33. The molecule has 1 atom stereocenters. The minimum absolute atomic E-state index is 0. The Morgan fingerprint density at radius 3 is 2.55 bits per heavy atom. The van der Waals surface area contributed by atoms with Crippen LogP contribution in [0, 0.1) is 0 Å². The normalized spacial score (nSPS) is 17.0. The standard InChI is InChI=1S/C15H19N3.2ClH/c1-2-15(18-9-7-16-8-10-18)13-11-17-14-6-4-3-5-12(13)14;;/h2-6,11,15-17H,1,7-10H2;2*1H/t15-;;/m1../s1. The highest BCUT2D eigenvalue weighted by Crippen LogP contribution is 2.29.